The zero-order chi connectivity index (χ0) is 27.3. The highest BCUT2D eigenvalue weighted by molar-refractivity contribution is 6.30. The summed E-state index contributed by atoms with van der Waals surface area (Å²) >= 11 is 6.17. The van der Waals surface area contributed by atoms with Crippen LogP contribution in [0.5, 0.6) is 0 Å². The summed E-state index contributed by atoms with van der Waals surface area (Å²) in [5.41, 5.74) is 2.58. The van der Waals surface area contributed by atoms with Crippen LogP contribution in [0.3, 0.4) is 0 Å². The van der Waals surface area contributed by atoms with Crippen molar-refractivity contribution in [3.8, 4) is 28.3 Å². The van der Waals surface area contributed by atoms with Gasteiger partial charge in [-0.05, 0) is 61.4 Å². The molecule has 0 unspecified atom stereocenters. The Morgan fingerprint density at radius 2 is 1.76 bits per heavy atom. The van der Waals surface area contributed by atoms with E-state index in [0.717, 1.165) is 17.2 Å². The number of aromatic nitrogens is 2. The molecule has 4 aromatic rings. The Bertz CT molecular complexity index is 1620. The van der Waals surface area contributed by atoms with Crippen molar-refractivity contribution in [2.24, 2.45) is 0 Å². The molecule has 2 aromatic carbocycles. The number of pyridine rings is 1. The lowest BCUT2D eigenvalue weighted by Crippen LogP contribution is -2.39. The van der Waals surface area contributed by atoms with Gasteiger partial charge in [-0.15, -0.1) is 0 Å². The van der Waals surface area contributed by atoms with Crippen LogP contribution in [0.2, 0.25) is 5.02 Å². The van der Waals surface area contributed by atoms with Gasteiger partial charge in [-0.1, -0.05) is 11.6 Å². The molecule has 5 rings (SSSR count). The van der Waals surface area contributed by atoms with Crippen molar-refractivity contribution in [1.29, 1.82) is 0 Å². The summed E-state index contributed by atoms with van der Waals surface area (Å²) in [6.07, 6.45) is -1.25. The van der Waals surface area contributed by atoms with Crippen molar-refractivity contribution in [3.05, 3.63) is 98.8 Å². The third-order valence-electron chi connectivity index (χ3n) is 6.50. The molecule has 0 radical (unpaired) electrons. The quantitative estimate of drug-likeness (QED) is 0.350. The summed E-state index contributed by atoms with van der Waals surface area (Å²) in [5, 5.41) is 30.7. The van der Waals surface area contributed by atoms with E-state index in [0.29, 0.717) is 27.9 Å². The number of benzene rings is 2. The summed E-state index contributed by atoms with van der Waals surface area (Å²) in [6, 6.07) is 9.32. The van der Waals surface area contributed by atoms with Crippen molar-refractivity contribution in [2.45, 2.75) is 38.6 Å². The van der Waals surface area contributed by atoms with Crippen molar-refractivity contribution in [1.82, 2.24) is 9.55 Å². The van der Waals surface area contributed by atoms with Crippen LogP contribution in [0.15, 0.2) is 63.9 Å². The average molecular weight is 541 g/mol. The number of aliphatic hydroxyl groups excluding tert-OH is 3. The van der Waals surface area contributed by atoms with Crippen LogP contribution in [-0.4, -0.2) is 43.2 Å². The Morgan fingerprint density at radius 1 is 1.05 bits per heavy atom. The number of hydrogen-bond donors (Lipinski definition) is 3. The van der Waals surface area contributed by atoms with Crippen LogP contribution in [0.4, 0.5) is 8.78 Å². The molecular formula is C28H23ClF2N2O5. The van der Waals surface area contributed by atoms with Gasteiger partial charge in [0.05, 0.1) is 17.4 Å². The predicted octanol–water partition coefficient (Wildman–Crippen LogP) is 4.58. The van der Waals surface area contributed by atoms with Crippen LogP contribution in [0, 0.1) is 25.5 Å². The second-order valence-corrected chi connectivity index (χ2v) is 9.72. The molecule has 0 fully saturated rings. The van der Waals surface area contributed by atoms with Crippen molar-refractivity contribution >= 4 is 17.2 Å². The zero-order valence-electron chi connectivity index (χ0n) is 20.3. The molecule has 38 heavy (non-hydrogen) atoms. The van der Waals surface area contributed by atoms with Crippen molar-refractivity contribution < 1.29 is 28.5 Å². The molecule has 0 bridgehead atoms. The van der Waals surface area contributed by atoms with E-state index in [2.05, 4.69) is 4.98 Å². The maximum atomic E-state index is 14.9. The van der Waals surface area contributed by atoms with Crippen molar-refractivity contribution in [3.63, 3.8) is 0 Å². The highest BCUT2D eigenvalue weighted by Gasteiger charge is 2.32. The zero-order valence-corrected chi connectivity index (χ0v) is 21.1. The lowest BCUT2D eigenvalue weighted by molar-refractivity contribution is -0.0437. The van der Waals surface area contributed by atoms with Gasteiger partial charge in [0.25, 0.3) is 5.56 Å². The van der Waals surface area contributed by atoms with E-state index in [-0.39, 0.29) is 34.9 Å². The Morgan fingerprint density at radius 3 is 2.42 bits per heavy atom. The molecule has 1 aliphatic carbocycles. The second-order valence-electron chi connectivity index (χ2n) is 9.28. The van der Waals surface area contributed by atoms with Crippen molar-refractivity contribution in [2.75, 3.05) is 0 Å². The number of halogens is 3. The SMILES string of the molecule is Cc1cc(Cl)cc(C)c1-n1cc(-c2nc(C3=C[C@@H](O)[C@@H](O)[C@H](O)C3)oc2-c2ccc(F)cc2F)ccc1=O. The maximum Gasteiger partial charge on any atom is 0.255 e. The van der Waals surface area contributed by atoms with Crippen LogP contribution in [0.1, 0.15) is 23.4 Å². The molecule has 10 heteroatoms. The van der Waals surface area contributed by atoms with E-state index >= 15 is 0 Å². The number of rotatable bonds is 4. The largest absolute Gasteiger partial charge is 0.436 e. The fourth-order valence-electron chi connectivity index (χ4n) is 4.70. The maximum absolute atomic E-state index is 14.9. The lowest BCUT2D eigenvalue weighted by atomic mass is 9.92. The normalized spacial score (nSPS) is 19.5. The molecular weight excluding hydrogens is 518 g/mol. The van der Waals surface area contributed by atoms with Crippen LogP contribution < -0.4 is 5.56 Å². The molecule has 2 heterocycles. The molecule has 1 aliphatic rings. The summed E-state index contributed by atoms with van der Waals surface area (Å²) < 4.78 is 35.9. The first-order chi connectivity index (χ1) is 18.0. The summed E-state index contributed by atoms with van der Waals surface area (Å²) in [7, 11) is 0. The van der Waals surface area contributed by atoms with Gasteiger partial charge in [-0.3, -0.25) is 9.36 Å². The topological polar surface area (TPSA) is 109 Å². The van der Waals surface area contributed by atoms with Crippen LogP contribution in [-0.2, 0) is 0 Å². The van der Waals surface area contributed by atoms with E-state index in [9.17, 15) is 28.9 Å². The fraction of sp³-hybridized carbons (Fsp3) is 0.214. The number of oxazole rings is 1. The smallest absolute Gasteiger partial charge is 0.255 e. The molecule has 0 amide bonds. The van der Waals surface area contributed by atoms with E-state index in [1.165, 1.54) is 28.8 Å². The molecule has 3 atom stereocenters. The molecule has 196 valence electrons. The van der Waals surface area contributed by atoms with Gasteiger partial charge in [0, 0.05) is 40.9 Å². The number of aliphatic hydroxyl groups is 3. The fourth-order valence-corrected chi connectivity index (χ4v) is 5.03. The third-order valence-corrected chi connectivity index (χ3v) is 6.72. The van der Waals surface area contributed by atoms with Gasteiger partial charge in [0.2, 0.25) is 5.89 Å². The first-order valence-electron chi connectivity index (χ1n) is 11.7. The summed E-state index contributed by atoms with van der Waals surface area (Å²) in [4.78, 5) is 17.4. The monoisotopic (exact) mass is 540 g/mol. The standard InChI is InChI=1S/C28H23ClF2N2O5/c1-13-7-17(29)8-14(2)25(13)33-12-15(3-6-23(33)36)24-27(19-5-4-18(30)11-20(19)31)38-28(32-24)16-9-21(34)26(37)22(35)10-16/h3-9,11-12,21-22,26,34-35,37H,10H2,1-2H3/t21-,22-,26-/m1/s1. The van der Waals surface area contributed by atoms with Gasteiger partial charge in [0.15, 0.2) is 5.76 Å². The highest BCUT2D eigenvalue weighted by atomic mass is 35.5. The number of hydrogen-bond acceptors (Lipinski definition) is 6. The minimum atomic E-state index is -1.38. The summed E-state index contributed by atoms with van der Waals surface area (Å²) in [5.74, 6) is -1.73. The van der Waals surface area contributed by atoms with Crippen LogP contribution in [0.25, 0.3) is 33.8 Å². The molecule has 7 nitrogen and oxygen atoms in total. The van der Waals surface area contributed by atoms with Gasteiger partial charge in [-0.25, -0.2) is 13.8 Å². The first kappa shape index (κ1) is 26.0. The Hall–Kier alpha value is -3.63. The Kier molecular flexibility index (Phi) is 6.79. The van der Waals surface area contributed by atoms with Crippen LogP contribution >= 0.6 is 11.6 Å². The minimum absolute atomic E-state index is 0.0275. The molecule has 0 aliphatic heterocycles. The van der Waals surface area contributed by atoms with Gasteiger partial charge < -0.3 is 19.7 Å². The van der Waals surface area contributed by atoms with E-state index in [4.69, 9.17) is 16.0 Å². The van der Waals surface area contributed by atoms with E-state index < -0.39 is 29.9 Å². The number of aryl methyl sites for hydroxylation is 2. The Balaban J connectivity index is 1.72. The minimum Gasteiger partial charge on any atom is -0.436 e. The first-order valence-corrected chi connectivity index (χ1v) is 12.1. The van der Waals surface area contributed by atoms with Gasteiger partial charge >= 0.3 is 0 Å². The van der Waals surface area contributed by atoms with Gasteiger partial charge in [0.1, 0.15) is 29.5 Å². The molecule has 2 aromatic heterocycles. The molecule has 3 N–H and O–H groups in total. The molecule has 0 saturated carbocycles. The second kappa shape index (κ2) is 9.92. The molecule has 0 spiro atoms. The number of nitrogens with zero attached hydrogens (tertiary/aromatic N) is 2. The lowest BCUT2D eigenvalue weighted by Gasteiger charge is -2.26. The summed E-state index contributed by atoms with van der Waals surface area (Å²) in [6.45, 7) is 3.64. The Labute approximate surface area is 220 Å². The molecule has 0 saturated heterocycles. The van der Waals surface area contributed by atoms with Gasteiger partial charge in [-0.2, -0.15) is 0 Å². The third kappa shape index (κ3) is 4.69. The van der Waals surface area contributed by atoms with E-state index in [1.54, 1.807) is 18.3 Å². The average Bonchev–Trinajstić information content (AvgIpc) is 3.28. The predicted molar refractivity (Wildman–Crippen MR) is 138 cm³/mol. The highest BCUT2D eigenvalue weighted by Crippen LogP contribution is 2.38. The van der Waals surface area contributed by atoms with E-state index in [1.807, 2.05) is 13.8 Å².